The molecular formula is C9H6F2O2S. The first-order valence-corrected chi connectivity index (χ1v) is 4.73. The molecule has 0 amide bonds. The highest BCUT2D eigenvalue weighted by Gasteiger charge is 2.45. The summed E-state index contributed by atoms with van der Waals surface area (Å²) in [7, 11) is 0. The Hall–Kier alpha value is -1.10. The summed E-state index contributed by atoms with van der Waals surface area (Å²) in [6.45, 7) is 0. The van der Waals surface area contributed by atoms with Gasteiger partial charge >= 0.3 is 5.97 Å². The summed E-state index contributed by atoms with van der Waals surface area (Å²) >= 11 is 0.555. The minimum Gasteiger partial charge on any atom is -0.478 e. The van der Waals surface area contributed by atoms with Gasteiger partial charge in [-0.25, -0.2) is 13.6 Å². The number of fused-ring (bicyclic) bond motifs is 1. The van der Waals surface area contributed by atoms with Crippen LogP contribution in [0.1, 0.15) is 5.56 Å². The third-order valence-corrected chi connectivity index (χ3v) is 3.28. The summed E-state index contributed by atoms with van der Waals surface area (Å²) in [5.74, 6) is -2.00. The lowest BCUT2D eigenvalue weighted by Crippen LogP contribution is -2.28. The average Bonchev–Trinajstić information content (AvgIpc) is 2.42. The lowest BCUT2D eigenvalue weighted by molar-refractivity contribution is -0.144. The quantitative estimate of drug-likeness (QED) is 0.782. The molecule has 1 unspecified atom stereocenters. The highest BCUT2D eigenvalue weighted by Crippen LogP contribution is 2.46. The molecular weight excluding hydrogens is 210 g/mol. The fourth-order valence-electron chi connectivity index (χ4n) is 1.34. The number of benzene rings is 1. The van der Waals surface area contributed by atoms with Crippen molar-refractivity contribution in [3.63, 3.8) is 0 Å². The number of carboxylic acids is 1. The van der Waals surface area contributed by atoms with Crippen LogP contribution >= 0.6 is 11.8 Å². The Bertz CT molecular complexity index is 408. The number of aliphatic carboxylic acids is 1. The number of alkyl halides is 1. The average molecular weight is 216 g/mol. The van der Waals surface area contributed by atoms with Gasteiger partial charge in [-0.15, -0.1) is 0 Å². The Morgan fingerprint density at radius 2 is 2.29 bits per heavy atom. The van der Waals surface area contributed by atoms with Crippen molar-refractivity contribution < 1.29 is 18.7 Å². The lowest BCUT2D eigenvalue weighted by Gasteiger charge is -2.10. The SMILES string of the molecule is O=C(O)C1(F)Cc2ccc(F)cc2S1. The predicted molar refractivity (Wildman–Crippen MR) is 47.4 cm³/mol. The smallest absolute Gasteiger partial charge is 0.352 e. The number of rotatable bonds is 1. The normalized spacial score (nSPS) is 24.7. The summed E-state index contributed by atoms with van der Waals surface area (Å²) in [4.78, 5) is 11.0. The van der Waals surface area contributed by atoms with Crippen LogP contribution in [0.4, 0.5) is 8.78 Å². The van der Waals surface area contributed by atoms with Crippen LogP contribution in [-0.4, -0.2) is 16.1 Å². The van der Waals surface area contributed by atoms with Gasteiger partial charge in [-0.2, -0.15) is 0 Å². The second-order valence-corrected chi connectivity index (χ2v) is 4.36. The van der Waals surface area contributed by atoms with Gasteiger partial charge in [-0.05, 0) is 17.7 Å². The zero-order valence-electron chi connectivity index (χ0n) is 6.96. The third-order valence-electron chi connectivity index (χ3n) is 2.04. The number of halogens is 2. The maximum Gasteiger partial charge on any atom is 0.352 e. The van der Waals surface area contributed by atoms with Crippen molar-refractivity contribution in [3.05, 3.63) is 29.6 Å². The molecule has 1 N–H and O–H groups in total. The van der Waals surface area contributed by atoms with Gasteiger partial charge in [0.2, 0.25) is 0 Å². The van der Waals surface area contributed by atoms with E-state index >= 15 is 0 Å². The predicted octanol–water partition coefficient (Wildman–Crippen LogP) is 2.22. The van der Waals surface area contributed by atoms with Crippen LogP contribution in [0, 0.1) is 5.82 Å². The Balaban J connectivity index is 2.39. The van der Waals surface area contributed by atoms with Crippen LogP contribution in [0.15, 0.2) is 23.1 Å². The van der Waals surface area contributed by atoms with Crippen LogP contribution in [0.5, 0.6) is 0 Å². The van der Waals surface area contributed by atoms with Crippen LogP contribution in [0.25, 0.3) is 0 Å². The van der Waals surface area contributed by atoms with Crippen LogP contribution in [-0.2, 0) is 11.2 Å². The molecule has 14 heavy (non-hydrogen) atoms. The topological polar surface area (TPSA) is 37.3 Å². The molecule has 0 aromatic heterocycles. The van der Waals surface area contributed by atoms with Gasteiger partial charge in [-0.3, -0.25) is 0 Å². The molecule has 74 valence electrons. The van der Waals surface area contributed by atoms with Crippen molar-refractivity contribution >= 4 is 17.7 Å². The largest absolute Gasteiger partial charge is 0.478 e. The van der Waals surface area contributed by atoms with Gasteiger partial charge in [0.1, 0.15) is 5.82 Å². The molecule has 0 spiro atoms. The third kappa shape index (κ3) is 1.37. The van der Waals surface area contributed by atoms with Crippen molar-refractivity contribution in [3.8, 4) is 0 Å². The Morgan fingerprint density at radius 3 is 2.93 bits per heavy atom. The van der Waals surface area contributed by atoms with Gasteiger partial charge < -0.3 is 5.11 Å². The molecule has 1 heterocycles. The first kappa shape index (κ1) is 9.45. The summed E-state index contributed by atoms with van der Waals surface area (Å²) in [6.07, 6.45) is -0.206. The Morgan fingerprint density at radius 1 is 1.57 bits per heavy atom. The molecule has 0 aliphatic carbocycles. The van der Waals surface area contributed by atoms with E-state index in [2.05, 4.69) is 0 Å². The molecule has 0 saturated carbocycles. The van der Waals surface area contributed by atoms with Gasteiger partial charge in [0.15, 0.2) is 0 Å². The molecule has 1 atom stereocenters. The molecule has 1 aromatic carbocycles. The van der Waals surface area contributed by atoms with Gasteiger partial charge in [-0.1, -0.05) is 17.8 Å². The van der Waals surface area contributed by atoms with Crippen molar-refractivity contribution in [2.75, 3.05) is 0 Å². The standard InChI is InChI=1S/C9H6F2O2S/c10-6-2-1-5-4-9(11,8(12)13)14-7(5)3-6/h1-3H,4H2,(H,12,13). The number of thioether (sulfide) groups is 1. The van der Waals surface area contributed by atoms with E-state index in [9.17, 15) is 13.6 Å². The highest BCUT2D eigenvalue weighted by molar-refractivity contribution is 8.01. The van der Waals surface area contributed by atoms with E-state index in [1.807, 2.05) is 0 Å². The van der Waals surface area contributed by atoms with Crippen LogP contribution in [0.3, 0.4) is 0 Å². The van der Waals surface area contributed by atoms with E-state index in [1.54, 1.807) is 0 Å². The molecule has 0 fully saturated rings. The molecule has 0 saturated heterocycles. The molecule has 1 aliphatic heterocycles. The lowest BCUT2D eigenvalue weighted by atomic mass is 10.1. The van der Waals surface area contributed by atoms with E-state index in [0.717, 1.165) is 6.07 Å². The number of carbonyl (C=O) groups is 1. The fraction of sp³-hybridized carbons (Fsp3) is 0.222. The maximum atomic E-state index is 13.6. The van der Waals surface area contributed by atoms with E-state index in [4.69, 9.17) is 5.11 Å². The minimum atomic E-state index is -2.34. The fourth-order valence-corrected chi connectivity index (χ4v) is 2.45. The zero-order valence-corrected chi connectivity index (χ0v) is 7.78. The van der Waals surface area contributed by atoms with E-state index in [0.29, 0.717) is 22.2 Å². The molecule has 2 nitrogen and oxygen atoms in total. The molecule has 1 aromatic rings. The molecule has 2 rings (SSSR count). The summed E-state index contributed by atoms with van der Waals surface area (Å²) < 4.78 is 26.3. The van der Waals surface area contributed by atoms with Gasteiger partial charge in [0.25, 0.3) is 5.00 Å². The molecule has 0 radical (unpaired) electrons. The molecule has 0 bridgehead atoms. The van der Waals surface area contributed by atoms with Crippen molar-refractivity contribution in [1.82, 2.24) is 0 Å². The number of hydrogen-bond donors (Lipinski definition) is 1. The Labute approximate surface area is 82.9 Å². The highest BCUT2D eigenvalue weighted by atomic mass is 32.2. The van der Waals surface area contributed by atoms with Crippen LogP contribution in [0.2, 0.25) is 0 Å². The molecule has 5 heteroatoms. The second kappa shape index (κ2) is 2.95. The minimum absolute atomic E-state index is 0.206. The maximum absolute atomic E-state index is 13.6. The zero-order chi connectivity index (χ0) is 10.3. The second-order valence-electron chi connectivity index (χ2n) is 3.06. The molecule has 1 aliphatic rings. The number of carboxylic acid groups (broad SMARTS) is 1. The van der Waals surface area contributed by atoms with Crippen molar-refractivity contribution in [2.24, 2.45) is 0 Å². The number of hydrogen-bond acceptors (Lipinski definition) is 2. The first-order valence-electron chi connectivity index (χ1n) is 3.91. The van der Waals surface area contributed by atoms with Crippen LogP contribution < -0.4 is 0 Å². The summed E-state index contributed by atoms with van der Waals surface area (Å²) in [6, 6.07) is 3.78. The first-order chi connectivity index (χ1) is 6.51. The summed E-state index contributed by atoms with van der Waals surface area (Å²) in [5, 5.41) is 6.29. The van der Waals surface area contributed by atoms with E-state index in [-0.39, 0.29) is 6.42 Å². The summed E-state index contributed by atoms with van der Waals surface area (Å²) in [5.41, 5.74) is 0.543. The monoisotopic (exact) mass is 216 g/mol. The van der Waals surface area contributed by atoms with Gasteiger partial charge in [0.05, 0.1) is 0 Å². The van der Waals surface area contributed by atoms with Crippen molar-refractivity contribution in [2.45, 2.75) is 16.3 Å². The Kier molecular flexibility index (Phi) is 1.99. The van der Waals surface area contributed by atoms with Crippen molar-refractivity contribution in [1.29, 1.82) is 0 Å². The van der Waals surface area contributed by atoms with Gasteiger partial charge in [0, 0.05) is 11.3 Å². The van der Waals surface area contributed by atoms with E-state index in [1.165, 1.54) is 12.1 Å². The van der Waals surface area contributed by atoms with E-state index < -0.39 is 16.8 Å².